The van der Waals surface area contributed by atoms with E-state index in [1.165, 1.54) is 10.4 Å². The second-order valence-corrected chi connectivity index (χ2v) is 6.34. The number of rotatable bonds is 7. The quantitative estimate of drug-likeness (QED) is 0.698. The van der Waals surface area contributed by atoms with Crippen LogP contribution >= 0.6 is 22.9 Å². The van der Waals surface area contributed by atoms with Crippen molar-refractivity contribution in [3.05, 3.63) is 57.2 Å². The first-order chi connectivity index (χ1) is 9.77. The molecule has 0 aliphatic carbocycles. The van der Waals surface area contributed by atoms with Crippen LogP contribution in [0, 0.1) is 0 Å². The summed E-state index contributed by atoms with van der Waals surface area (Å²) in [4.78, 5) is 1.26. The molecule has 1 aromatic heterocycles. The molecule has 1 nitrogen and oxygen atoms in total. The number of halogens is 1. The van der Waals surface area contributed by atoms with Crippen LogP contribution in [-0.2, 0) is 0 Å². The van der Waals surface area contributed by atoms with Crippen molar-refractivity contribution < 1.29 is 0 Å². The molecule has 1 N–H and O–H groups in total. The molecule has 2 atom stereocenters. The van der Waals surface area contributed by atoms with E-state index in [9.17, 15) is 0 Å². The van der Waals surface area contributed by atoms with Crippen molar-refractivity contribution in [1.82, 2.24) is 5.32 Å². The van der Waals surface area contributed by atoms with Crippen LogP contribution in [0.25, 0.3) is 0 Å². The predicted octanol–water partition coefficient (Wildman–Crippen LogP) is 5.64. The van der Waals surface area contributed by atoms with Gasteiger partial charge in [0, 0.05) is 16.8 Å². The molecule has 108 valence electrons. The predicted molar refractivity (Wildman–Crippen MR) is 89.8 cm³/mol. The Bertz CT molecular complexity index is 509. The lowest BCUT2D eigenvalue weighted by molar-refractivity contribution is 0.441. The molecule has 0 spiro atoms. The number of thiophene rings is 1. The lowest BCUT2D eigenvalue weighted by atomic mass is 9.88. The molecule has 0 fully saturated rings. The highest BCUT2D eigenvalue weighted by molar-refractivity contribution is 7.10. The Morgan fingerprint density at radius 2 is 1.90 bits per heavy atom. The molecule has 2 unspecified atom stereocenters. The minimum absolute atomic E-state index is 0.301. The summed E-state index contributed by atoms with van der Waals surface area (Å²) in [5, 5.41) is 6.65. The van der Waals surface area contributed by atoms with E-state index in [1.807, 2.05) is 6.07 Å². The van der Waals surface area contributed by atoms with E-state index in [0.717, 1.165) is 24.4 Å². The summed E-state index contributed by atoms with van der Waals surface area (Å²) in [7, 11) is 0. The molecule has 20 heavy (non-hydrogen) atoms. The number of hydrogen-bond acceptors (Lipinski definition) is 2. The van der Waals surface area contributed by atoms with Crippen LogP contribution in [-0.4, -0.2) is 6.54 Å². The Morgan fingerprint density at radius 3 is 2.45 bits per heavy atom. The molecular formula is C17H22ClNS. The molecule has 0 saturated heterocycles. The van der Waals surface area contributed by atoms with Crippen molar-refractivity contribution in [1.29, 1.82) is 0 Å². The Labute approximate surface area is 131 Å². The molecule has 0 amide bonds. The number of hydrogen-bond donors (Lipinski definition) is 1. The fraction of sp³-hybridized carbons (Fsp3) is 0.412. The van der Waals surface area contributed by atoms with Gasteiger partial charge in [-0.25, -0.2) is 0 Å². The molecule has 2 aromatic rings. The third-order valence-corrected chi connectivity index (χ3v) is 5.05. The van der Waals surface area contributed by atoms with E-state index in [1.54, 1.807) is 11.3 Å². The average molecular weight is 308 g/mol. The Kier molecular flexibility index (Phi) is 6.08. The monoisotopic (exact) mass is 307 g/mol. The molecule has 1 heterocycles. The fourth-order valence-electron chi connectivity index (χ4n) is 2.61. The van der Waals surface area contributed by atoms with Gasteiger partial charge in [0.15, 0.2) is 0 Å². The minimum atomic E-state index is 0.301. The van der Waals surface area contributed by atoms with E-state index in [4.69, 9.17) is 11.6 Å². The lowest BCUT2D eigenvalue weighted by Gasteiger charge is -2.27. The SMILES string of the molecule is CCCNC(c1sccc1Cl)C(CC)c1ccccc1. The Morgan fingerprint density at radius 1 is 1.15 bits per heavy atom. The molecule has 2 rings (SSSR count). The van der Waals surface area contributed by atoms with E-state index in [2.05, 4.69) is 54.9 Å². The molecule has 0 bridgehead atoms. The van der Waals surface area contributed by atoms with Crippen molar-refractivity contribution in [3.63, 3.8) is 0 Å². The summed E-state index contributed by atoms with van der Waals surface area (Å²) in [5.41, 5.74) is 1.38. The first-order valence-electron chi connectivity index (χ1n) is 7.29. The van der Waals surface area contributed by atoms with E-state index < -0.39 is 0 Å². The van der Waals surface area contributed by atoms with Gasteiger partial charge in [-0.05, 0) is 36.4 Å². The van der Waals surface area contributed by atoms with Crippen molar-refractivity contribution >= 4 is 22.9 Å². The van der Waals surface area contributed by atoms with E-state index in [0.29, 0.717) is 12.0 Å². The maximum atomic E-state index is 6.37. The maximum absolute atomic E-state index is 6.37. The zero-order chi connectivity index (χ0) is 14.4. The highest BCUT2D eigenvalue weighted by Gasteiger charge is 2.25. The zero-order valence-electron chi connectivity index (χ0n) is 12.1. The normalized spacial score (nSPS) is 14.2. The van der Waals surface area contributed by atoms with Crippen molar-refractivity contribution in [2.75, 3.05) is 6.54 Å². The van der Waals surface area contributed by atoms with Gasteiger partial charge in [-0.3, -0.25) is 0 Å². The summed E-state index contributed by atoms with van der Waals surface area (Å²) in [6, 6.07) is 13.0. The van der Waals surface area contributed by atoms with Gasteiger partial charge in [0.05, 0.1) is 5.02 Å². The molecular weight excluding hydrogens is 286 g/mol. The smallest absolute Gasteiger partial charge is 0.0561 e. The van der Waals surface area contributed by atoms with Gasteiger partial charge in [-0.2, -0.15) is 0 Å². The van der Waals surface area contributed by atoms with E-state index in [-0.39, 0.29) is 0 Å². The first kappa shape index (κ1) is 15.6. The number of benzene rings is 1. The molecule has 0 aliphatic heterocycles. The summed E-state index contributed by atoms with van der Waals surface area (Å²) in [6.07, 6.45) is 2.23. The van der Waals surface area contributed by atoms with Gasteiger partial charge in [0.25, 0.3) is 0 Å². The third-order valence-electron chi connectivity index (χ3n) is 3.61. The van der Waals surface area contributed by atoms with Crippen LogP contribution in [0.1, 0.15) is 49.1 Å². The molecule has 3 heteroatoms. The van der Waals surface area contributed by atoms with Gasteiger partial charge in [0.2, 0.25) is 0 Å². The highest BCUT2D eigenvalue weighted by atomic mass is 35.5. The third kappa shape index (κ3) is 3.63. The average Bonchev–Trinajstić information content (AvgIpc) is 2.90. The Balaban J connectivity index is 2.31. The topological polar surface area (TPSA) is 12.0 Å². The Hall–Kier alpha value is -0.830. The van der Waals surface area contributed by atoms with Gasteiger partial charge in [0.1, 0.15) is 0 Å². The van der Waals surface area contributed by atoms with Crippen molar-refractivity contribution in [2.45, 2.75) is 38.6 Å². The van der Waals surface area contributed by atoms with Crippen LogP contribution in [0.15, 0.2) is 41.8 Å². The van der Waals surface area contributed by atoms with Gasteiger partial charge < -0.3 is 5.32 Å². The maximum Gasteiger partial charge on any atom is 0.0561 e. The highest BCUT2D eigenvalue weighted by Crippen LogP contribution is 2.39. The van der Waals surface area contributed by atoms with Crippen LogP contribution in [0.2, 0.25) is 5.02 Å². The summed E-state index contributed by atoms with van der Waals surface area (Å²) in [5.74, 6) is 0.457. The summed E-state index contributed by atoms with van der Waals surface area (Å²) in [6.45, 7) is 5.46. The zero-order valence-corrected chi connectivity index (χ0v) is 13.7. The largest absolute Gasteiger partial charge is 0.309 e. The second kappa shape index (κ2) is 7.82. The van der Waals surface area contributed by atoms with Crippen LogP contribution in [0.4, 0.5) is 0 Å². The number of nitrogens with one attached hydrogen (secondary N) is 1. The summed E-state index contributed by atoms with van der Waals surface area (Å²) < 4.78 is 0. The van der Waals surface area contributed by atoms with Crippen LogP contribution < -0.4 is 5.32 Å². The van der Waals surface area contributed by atoms with Crippen LogP contribution in [0.3, 0.4) is 0 Å². The van der Waals surface area contributed by atoms with Gasteiger partial charge >= 0.3 is 0 Å². The van der Waals surface area contributed by atoms with Gasteiger partial charge in [-0.1, -0.05) is 55.8 Å². The van der Waals surface area contributed by atoms with Crippen LogP contribution in [0.5, 0.6) is 0 Å². The van der Waals surface area contributed by atoms with Gasteiger partial charge in [-0.15, -0.1) is 11.3 Å². The first-order valence-corrected chi connectivity index (χ1v) is 8.54. The van der Waals surface area contributed by atoms with Crippen molar-refractivity contribution in [3.8, 4) is 0 Å². The summed E-state index contributed by atoms with van der Waals surface area (Å²) >= 11 is 8.12. The standard InChI is InChI=1S/C17H22ClNS/c1-3-11-19-16(17-15(18)10-12-20-17)14(4-2)13-8-6-5-7-9-13/h5-10,12,14,16,19H,3-4,11H2,1-2H3. The molecule has 0 radical (unpaired) electrons. The molecule has 0 aliphatic rings. The molecule has 0 saturated carbocycles. The minimum Gasteiger partial charge on any atom is -0.309 e. The van der Waals surface area contributed by atoms with Crippen molar-refractivity contribution in [2.24, 2.45) is 0 Å². The lowest BCUT2D eigenvalue weighted by Crippen LogP contribution is -2.27. The molecule has 1 aromatic carbocycles. The van der Waals surface area contributed by atoms with E-state index >= 15 is 0 Å². The fourth-order valence-corrected chi connectivity index (χ4v) is 3.92. The second-order valence-electron chi connectivity index (χ2n) is 4.99.